The number of urea groups is 2. The number of nitrogens with zero attached hydrogens (tertiary/aromatic N) is 2. The first-order chi connectivity index (χ1) is 11.3. The molecule has 8 nitrogen and oxygen atoms in total. The molecule has 1 saturated heterocycles. The zero-order chi connectivity index (χ0) is 17.9. The molecule has 2 N–H and O–H groups in total. The molecular weight excluding hydrogens is 319 g/mol. The number of amides is 6. The molecule has 1 aliphatic heterocycles. The van der Waals surface area contributed by atoms with Crippen molar-refractivity contribution in [3.8, 4) is 0 Å². The van der Waals surface area contributed by atoms with E-state index in [0.29, 0.717) is 12.2 Å². The first kappa shape index (κ1) is 17.4. The summed E-state index contributed by atoms with van der Waals surface area (Å²) in [5, 5.41) is 4.39. The van der Waals surface area contributed by atoms with Crippen LogP contribution in [-0.4, -0.2) is 47.9 Å². The molecule has 128 valence electrons. The standard InChI is InChI=1S/C15H17FN4O4/c1-3-17-14(23)18-12(21)8-19-13(22)9(2)20(15(19)24)11-6-4-10(16)5-7-11/h4-7,9H,3,8H2,1-2H3,(H2,17,18,21,23). The van der Waals surface area contributed by atoms with Gasteiger partial charge in [0.05, 0.1) is 0 Å². The van der Waals surface area contributed by atoms with Gasteiger partial charge in [0.25, 0.3) is 5.91 Å². The summed E-state index contributed by atoms with van der Waals surface area (Å²) < 4.78 is 13.0. The van der Waals surface area contributed by atoms with Crippen molar-refractivity contribution in [1.29, 1.82) is 0 Å². The molecule has 0 spiro atoms. The fourth-order valence-electron chi connectivity index (χ4n) is 2.32. The summed E-state index contributed by atoms with van der Waals surface area (Å²) in [6, 6.07) is 2.84. The highest BCUT2D eigenvalue weighted by molar-refractivity contribution is 6.15. The molecule has 1 unspecified atom stereocenters. The van der Waals surface area contributed by atoms with Gasteiger partial charge in [-0.15, -0.1) is 0 Å². The van der Waals surface area contributed by atoms with Crippen molar-refractivity contribution in [2.45, 2.75) is 19.9 Å². The predicted octanol–water partition coefficient (Wildman–Crippen LogP) is 0.829. The number of imide groups is 2. The van der Waals surface area contributed by atoms with Crippen molar-refractivity contribution >= 4 is 29.6 Å². The third kappa shape index (κ3) is 3.50. The Hall–Kier alpha value is -2.97. The molecule has 1 heterocycles. The van der Waals surface area contributed by atoms with Crippen LogP contribution in [-0.2, 0) is 9.59 Å². The third-order valence-corrected chi connectivity index (χ3v) is 3.44. The monoisotopic (exact) mass is 336 g/mol. The Kier molecular flexibility index (Phi) is 5.12. The average Bonchev–Trinajstić information content (AvgIpc) is 2.72. The van der Waals surface area contributed by atoms with Crippen molar-refractivity contribution < 1.29 is 23.6 Å². The highest BCUT2D eigenvalue weighted by Crippen LogP contribution is 2.25. The topological polar surface area (TPSA) is 98.8 Å². The Morgan fingerprint density at radius 2 is 1.83 bits per heavy atom. The summed E-state index contributed by atoms with van der Waals surface area (Å²) in [6.07, 6.45) is 0. The van der Waals surface area contributed by atoms with Gasteiger partial charge in [-0.05, 0) is 38.1 Å². The summed E-state index contributed by atoms with van der Waals surface area (Å²) in [5.74, 6) is -1.83. The molecule has 0 aromatic heterocycles. The maximum absolute atomic E-state index is 13.0. The Bertz CT molecular complexity index is 677. The fraction of sp³-hybridized carbons (Fsp3) is 0.333. The van der Waals surface area contributed by atoms with Crippen molar-refractivity contribution in [2.24, 2.45) is 0 Å². The minimum atomic E-state index is -0.833. The summed E-state index contributed by atoms with van der Waals surface area (Å²) in [5.41, 5.74) is 0.342. The van der Waals surface area contributed by atoms with Gasteiger partial charge in [0, 0.05) is 12.2 Å². The molecule has 24 heavy (non-hydrogen) atoms. The summed E-state index contributed by atoms with van der Waals surface area (Å²) >= 11 is 0. The van der Waals surface area contributed by atoms with Gasteiger partial charge in [-0.3, -0.25) is 24.7 Å². The van der Waals surface area contributed by atoms with Crippen LogP contribution in [0.4, 0.5) is 19.7 Å². The smallest absolute Gasteiger partial charge is 0.332 e. The molecule has 1 fully saturated rings. The van der Waals surface area contributed by atoms with Crippen LogP contribution in [0, 0.1) is 5.82 Å². The van der Waals surface area contributed by atoms with E-state index in [0.717, 1.165) is 4.90 Å². The van der Waals surface area contributed by atoms with Crippen molar-refractivity contribution in [3.63, 3.8) is 0 Å². The van der Waals surface area contributed by atoms with Crippen LogP contribution in [0.3, 0.4) is 0 Å². The van der Waals surface area contributed by atoms with Crippen LogP contribution in [0.1, 0.15) is 13.8 Å². The number of halogens is 1. The molecule has 1 atom stereocenters. The Labute approximate surface area is 137 Å². The van der Waals surface area contributed by atoms with E-state index in [1.54, 1.807) is 6.92 Å². The average molecular weight is 336 g/mol. The Balaban J connectivity index is 2.11. The minimum absolute atomic E-state index is 0.329. The van der Waals surface area contributed by atoms with Gasteiger partial charge in [-0.25, -0.2) is 14.0 Å². The molecule has 2 rings (SSSR count). The van der Waals surface area contributed by atoms with Crippen LogP contribution in [0.5, 0.6) is 0 Å². The number of nitrogens with one attached hydrogen (secondary N) is 2. The summed E-state index contributed by atoms with van der Waals surface area (Å²) in [7, 11) is 0. The molecule has 0 bridgehead atoms. The van der Waals surface area contributed by atoms with E-state index >= 15 is 0 Å². The molecule has 6 amide bonds. The molecule has 1 aliphatic rings. The summed E-state index contributed by atoms with van der Waals surface area (Å²) in [4.78, 5) is 49.6. The lowest BCUT2D eigenvalue weighted by atomic mass is 10.2. The quantitative estimate of drug-likeness (QED) is 0.796. The lowest BCUT2D eigenvalue weighted by Gasteiger charge is -2.19. The van der Waals surface area contributed by atoms with Gasteiger partial charge in [0.15, 0.2) is 0 Å². The van der Waals surface area contributed by atoms with Crippen molar-refractivity contribution in [2.75, 3.05) is 18.0 Å². The Morgan fingerprint density at radius 1 is 1.21 bits per heavy atom. The van der Waals surface area contributed by atoms with Gasteiger partial charge in [-0.2, -0.15) is 0 Å². The van der Waals surface area contributed by atoms with Crippen LogP contribution >= 0.6 is 0 Å². The molecule has 1 aromatic carbocycles. The van der Waals surface area contributed by atoms with Crippen molar-refractivity contribution in [3.05, 3.63) is 30.1 Å². The van der Waals surface area contributed by atoms with E-state index < -0.39 is 42.3 Å². The largest absolute Gasteiger partial charge is 0.338 e. The Morgan fingerprint density at radius 3 is 2.42 bits per heavy atom. The van der Waals surface area contributed by atoms with Crippen LogP contribution in [0.2, 0.25) is 0 Å². The molecule has 0 radical (unpaired) electrons. The van der Waals surface area contributed by atoms with Gasteiger partial charge in [0.1, 0.15) is 18.4 Å². The van der Waals surface area contributed by atoms with Crippen LogP contribution < -0.4 is 15.5 Å². The first-order valence-electron chi connectivity index (χ1n) is 7.33. The van der Waals surface area contributed by atoms with Crippen LogP contribution in [0.25, 0.3) is 0 Å². The SMILES string of the molecule is CCNC(=O)NC(=O)CN1C(=O)C(C)N(c2ccc(F)cc2)C1=O. The van der Waals surface area contributed by atoms with Crippen LogP contribution in [0.15, 0.2) is 24.3 Å². The highest BCUT2D eigenvalue weighted by atomic mass is 19.1. The number of hydrogen-bond donors (Lipinski definition) is 2. The second-order valence-electron chi connectivity index (χ2n) is 5.14. The highest BCUT2D eigenvalue weighted by Gasteiger charge is 2.44. The van der Waals surface area contributed by atoms with Crippen molar-refractivity contribution in [1.82, 2.24) is 15.5 Å². The van der Waals surface area contributed by atoms with Gasteiger partial charge >= 0.3 is 12.1 Å². The number of carbonyl (C=O) groups excluding carboxylic acids is 4. The number of carbonyl (C=O) groups is 4. The van der Waals surface area contributed by atoms with E-state index in [4.69, 9.17) is 0 Å². The zero-order valence-corrected chi connectivity index (χ0v) is 13.2. The number of benzene rings is 1. The number of hydrogen-bond acceptors (Lipinski definition) is 4. The van der Waals surface area contributed by atoms with E-state index in [-0.39, 0.29) is 0 Å². The minimum Gasteiger partial charge on any atom is -0.338 e. The maximum atomic E-state index is 13.0. The maximum Gasteiger partial charge on any atom is 0.332 e. The number of anilines is 1. The normalized spacial score (nSPS) is 17.2. The molecule has 9 heteroatoms. The first-order valence-corrected chi connectivity index (χ1v) is 7.33. The lowest BCUT2D eigenvalue weighted by molar-refractivity contribution is -0.131. The number of rotatable bonds is 4. The van der Waals surface area contributed by atoms with E-state index in [2.05, 4.69) is 5.32 Å². The van der Waals surface area contributed by atoms with E-state index in [1.165, 1.54) is 36.1 Å². The second kappa shape index (κ2) is 7.07. The van der Waals surface area contributed by atoms with Gasteiger partial charge < -0.3 is 5.32 Å². The third-order valence-electron chi connectivity index (χ3n) is 3.44. The summed E-state index contributed by atoms with van der Waals surface area (Å²) in [6.45, 7) is 2.94. The molecule has 0 saturated carbocycles. The van der Waals surface area contributed by atoms with Gasteiger partial charge in [-0.1, -0.05) is 0 Å². The molecule has 0 aliphatic carbocycles. The van der Waals surface area contributed by atoms with E-state index in [9.17, 15) is 23.6 Å². The van der Waals surface area contributed by atoms with E-state index in [1.807, 2.05) is 5.32 Å². The van der Waals surface area contributed by atoms with Gasteiger partial charge in [0.2, 0.25) is 5.91 Å². The molecule has 1 aromatic rings. The lowest BCUT2D eigenvalue weighted by Crippen LogP contribution is -2.46. The fourth-order valence-corrected chi connectivity index (χ4v) is 2.32. The predicted molar refractivity (Wildman–Crippen MR) is 82.7 cm³/mol. The second-order valence-corrected chi connectivity index (χ2v) is 5.14. The molecular formula is C15H17FN4O4. The zero-order valence-electron chi connectivity index (χ0n) is 13.2.